The molecule has 0 aromatic heterocycles. The molecule has 0 radical (unpaired) electrons. The van der Waals surface area contributed by atoms with Crippen LogP contribution in [0.15, 0.2) is 30.3 Å². The van der Waals surface area contributed by atoms with Crippen LogP contribution >= 0.6 is 0 Å². The highest BCUT2D eigenvalue weighted by molar-refractivity contribution is 5.98. The molecular weight excluding hydrogens is 330 g/mol. The minimum Gasteiger partial charge on any atom is -0.353 e. The minimum absolute atomic E-state index is 0.0213. The summed E-state index contributed by atoms with van der Waals surface area (Å²) < 4.78 is 11.4. The molecule has 0 unspecified atom stereocenters. The van der Waals surface area contributed by atoms with E-state index >= 15 is 0 Å². The fourth-order valence-corrected chi connectivity index (χ4v) is 5.02. The average molecular weight is 353 g/mol. The van der Waals surface area contributed by atoms with Gasteiger partial charge in [-0.1, -0.05) is 51.1 Å². The van der Waals surface area contributed by atoms with Gasteiger partial charge in [-0.05, 0) is 11.6 Å². The predicted octanol–water partition coefficient (Wildman–Crippen LogP) is 2.44. The predicted molar refractivity (Wildman–Crippen MR) is 96.6 cm³/mol. The highest BCUT2D eigenvalue weighted by Gasteiger charge is 2.64. The summed E-state index contributed by atoms with van der Waals surface area (Å²) in [5.74, 6) is -0.301. The SMILES string of the molecule is CC(C)(C)C(=O)[C@@H]1[C@H]2[C@@H](C(=O)[C@H]3OC[C@H]2O3)[C@@H]2C=Cc3ccccc3N12. The van der Waals surface area contributed by atoms with Gasteiger partial charge in [-0.25, -0.2) is 0 Å². The van der Waals surface area contributed by atoms with E-state index in [1.165, 1.54) is 0 Å². The molecule has 3 fully saturated rings. The summed E-state index contributed by atoms with van der Waals surface area (Å²) in [6.45, 7) is 6.23. The molecule has 5 rings (SSSR count). The Labute approximate surface area is 153 Å². The normalized spacial score (nSPS) is 37.3. The number of hydrogen-bond acceptors (Lipinski definition) is 5. The van der Waals surface area contributed by atoms with E-state index in [9.17, 15) is 9.59 Å². The number of para-hydroxylation sites is 1. The van der Waals surface area contributed by atoms with Crippen molar-refractivity contribution in [3.8, 4) is 0 Å². The van der Waals surface area contributed by atoms with Gasteiger partial charge in [-0.3, -0.25) is 9.59 Å². The fraction of sp³-hybridized carbons (Fsp3) is 0.524. The van der Waals surface area contributed by atoms with Crippen LogP contribution in [0.1, 0.15) is 26.3 Å². The first-order valence-electron chi connectivity index (χ1n) is 9.28. The largest absolute Gasteiger partial charge is 0.353 e. The second-order valence-electron chi connectivity index (χ2n) is 8.72. The van der Waals surface area contributed by atoms with E-state index in [4.69, 9.17) is 9.47 Å². The Morgan fingerprint density at radius 1 is 1.23 bits per heavy atom. The van der Waals surface area contributed by atoms with Crippen LogP contribution in [0.4, 0.5) is 5.69 Å². The standard InChI is InChI=1S/C21H23NO4/c1-21(2,3)19(24)17-16-14-10-25-20(26-14)18(23)15(16)13-9-8-11-6-4-5-7-12(11)22(13)17/h4-9,13-17,20H,10H2,1-3H3/t13-,14+,15-,16+,17-,20-/m0/s1. The van der Waals surface area contributed by atoms with Crippen molar-refractivity contribution < 1.29 is 19.1 Å². The first-order chi connectivity index (χ1) is 12.4. The summed E-state index contributed by atoms with van der Waals surface area (Å²) >= 11 is 0. The van der Waals surface area contributed by atoms with Gasteiger partial charge in [-0.15, -0.1) is 0 Å². The summed E-state index contributed by atoms with van der Waals surface area (Å²) in [4.78, 5) is 28.7. The van der Waals surface area contributed by atoms with Crippen molar-refractivity contribution in [3.63, 3.8) is 0 Å². The number of benzene rings is 1. The molecular formula is C21H23NO4. The molecule has 6 atom stereocenters. The van der Waals surface area contributed by atoms with Gasteiger partial charge >= 0.3 is 0 Å². The Hall–Kier alpha value is -1.98. The molecule has 5 heteroatoms. The quantitative estimate of drug-likeness (QED) is 0.776. The molecule has 0 spiro atoms. The maximum atomic E-state index is 13.5. The molecule has 0 saturated carbocycles. The molecule has 3 saturated heterocycles. The van der Waals surface area contributed by atoms with Crippen LogP contribution in [0.3, 0.4) is 0 Å². The van der Waals surface area contributed by atoms with Crippen LogP contribution in [-0.2, 0) is 19.1 Å². The first-order valence-corrected chi connectivity index (χ1v) is 9.28. The Kier molecular flexibility index (Phi) is 3.29. The monoisotopic (exact) mass is 353 g/mol. The maximum Gasteiger partial charge on any atom is 0.218 e. The number of anilines is 1. The summed E-state index contributed by atoms with van der Waals surface area (Å²) in [6, 6.07) is 7.59. The van der Waals surface area contributed by atoms with Gasteiger partial charge in [0.1, 0.15) is 0 Å². The Morgan fingerprint density at radius 2 is 2.00 bits per heavy atom. The van der Waals surface area contributed by atoms with Gasteiger partial charge in [0, 0.05) is 17.0 Å². The van der Waals surface area contributed by atoms with E-state index in [0.29, 0.717) is 6.61 Å². The second kappa shape index (κ2) is 5.27. The summed E-state index contributed by atoms with van der Waals surface area (Å²) in [7, 11) is 0. The van der Waals surface area contributed by atoms with Gasteiger partial charge in [0.2, 0.25) is 6.29 Å². The van der Waals surface area contributed by atoms with Crippen LogP contribution < -0.4 is 4.90 Å². The molecule has 0 amide bonds. The zero-order valence-corrected chi connectivity index (χ0v) is 15.2. The average Bonchev–Trinajstić information content (AvgIpc) is 3.19. The van der Waals surface area contributed by atoms with Gasteiger partial charge in [0.25, 0.3) is 0 Å². The smallest absolute Gasteiger partial charge is 0.218 e. The van der Waals surface area contributed by atoms with Gasteiger partial charge in [0.15, 0.2) is 11.6 Å². The second-order valence-corrected chi connectivity index (χ2v) is 8.72. The van der Waals surface area contributed by atoms with Crippen LogP contribution in [0.5, 0.6) is 0 Å². The highest BCUT2D eigenvalue weighted by Crippen LogP contribution is 2.51. The van der Waals surface area contributed by atoms with Crippen LogP contribution in [0, 0.1) is 17.3 Å². The maximum absolute atomic E-state index is 13.5. The third-order valence-corrected chi connectivity index (χ3v) is 6.16. The number of carbonyl (C=O) groups is 2. The van der Waals surface area contributed by atoms with E-state index in [-0.39, 0.29) is 41.6 Å². The van der Waals surface area contributed by atoms with Crippen LogP contribution in [0.25, 0.3) is 6.08 Å². The van der Waals surface area contributed by atoms with E-state index in [0.717, 1.165) is 11.3 Å². The molecule has 1 aromatic carbocycles. The van der Waals surface area contributed by atoms with Crippen molar-refractivity contribution in [2.24, 2.45) is 17.3 Å². The summed E-state index contributed by atoms with van der Waals surface area (Å²) in [5, 5.41) is 0. The lowest BCUT2D eigenvalue weighted by Crippen LogP contribution is -2.51. The van der Waals surface area contributed by atoms with Crippen molar-refractivity contribution in [1.29, 1.82) is 0 Å². The van der Waals surface area contributed by atoms with E-state index < -0.39 is 11.7 Å². The molecule has 1 aromatic rings. The highest BCUT2D eigenvalue weighted by atomic mass is 16.7. The molecule has 26 heavy (non-hydrogen) atoms. The van der Waals surface area contributed by atoms with E-state index in [1.54, 1.807) is 0 Å². The lowest BCUT2D eigenvalue weighted by atomic mass is 9.74. The van der Waals surface area contributed by atoms with Gasteiger partial charge in [0.05, 0.1) is 30.7 Å². The molecule has 4 aliphatic heterocycles. The lowest BCUT2D eigenvalue weighted by Gasteiger charge is -2.38. The molecule has 0 aliphatic carbocycles. The number of rotatable bonds is 1. The van der Waals surface area contributed by atoms with E-state index in [2.05, 4.69) is 23.1 Å². The van der Waals surface area contributed by atoms with Crippen molar-refractivity contribution in [3.05, 3.63) is 35.9 Å². The Balaban J connectivity index is 1.69. The third kappa shape index (κ3) is 2.04. The lowest BCUT2D eigenvalue weighted by molar-refractivity contribution is -0.164. The van der Waals surface area contributed by atoms with E-state index in [1.807, 2.05) is 39.0 Å². The number of Topliss-reactive ketones (excluding diaryl/α,β-unsaturated/α-hetero) is 2. The Bertz CT molecular complexity index is 824. The van der Waals surface area contributed by atoms with Crippen molar-refractivity contribution in [2.45, 2.75) is 45.2 Å². The van der Waals surface area contributed by atoms with Crippen LogP contribution in [-0.4, -0.2) is 42.7 Å². The topological polar surface area (TPSA) is 55.8 Å². The molecule has 136 valence electrons. The minimum atomic E-state index is -0.767. The summed E-state index contributed by atoms with van der Waals surface area (Å²) in [6.07, 6.45) is 3.18. The number of carbonyl (C=O) groups excluding carboxylic acids is 2. The van der Waals surface area contributed by atoms with Gasteiger partial charge < -0.3 is 14.4 Å². The number of ketones is 2. The third-order valence-electron chi connectivity index (χ3n) is 6.16. The zero-order valence-electron chi connectivity index (χ0n) is 15.2. The number of ether oxygens (including phenoxy) is 2. The molecule has 2 bridgehead atoms. The molecule has 4 aliphatic rings. The number of nitrogens with zero attached hydrogens (tertiary/aromatic N) is 1. The van der Waals surface area contributed by atoms with Crippen molar-refractivity contribution >= 4 is 23.3 Å². The van der Waals surface area contributed by atoms with Gasteiger partial charge in [-0.2, -0.15) is 0 Å². The first kappa shape index (κ1) is 16.2. The number of hydrogen-bond donors (Lipinski definition) is 0. The fourth-order valence-electron chi connectivity index (χ4n) is 5.02. The molecule has 0 N–H and O–H groups in total. The van der Waals surface area contributed by atoms with Crippen molar-refractivity contribution in [1.82, 2.24) is 0 Å². The van der Waals surface area contributed by atoms with Crippen LogP contribution in [0.2, 0.25) is 0 Å². The molecule has 4 heterocycles. The molecule has 5 nitrogen and oxygen atoms in total. The Morgan fingerprint density at radius 3 is 2.77 bits per heavy atom. The zero-order chi connectivity index (χ0) is 18.2. The number of fused-ring (bicyclic) bond motifs is 8. The van der Waals surface area contributed by atoms with Crippen molar-refractivity contribution in [2.75, 3.05) is 11.5 Å². The summed E-state index contributed by atoms with van der Waals surface area (Å²) in [5.41, 5.74) is 1.62.